The molecule has 90 valence electrons. The molecular formula is C12H22N4. The molecule has 4 heteroatoms. The molecule has 0 aliphatic heterocycles. The van der Waals surface area contributed by atoms with Crippen LogP contribution in [0.25, 0.3) is 0 Å². The monoisotopic (exact) mass is 222 g/mol. The molecular weight excluding hydrogens is 200 g/mol. The van der Waals surface area contributed by atoms with Crippen LogP contribution in [0, 0.1) is 5.92 Å². The molecule has 0 spiro atoms. The number of nitrogens with zero attached hydrogens (tertiary/aromatic N) is 3. The first-order valence-corrected chi connectivity index (χ1v) is 6.35. The van der Waals surface area contributed by atoms with E-state index in [2.05, 4.69) is 34.2 Å². The minimum Gasteiger partial charge on any atom is -0.314 e. The average Bonchev–Trinajstić information content (AvgIpc) is 3.05. The van der Waals surface area contributed by atoms with Crippen molar-refractivity contribution >= 4 is 0 Å². The van der Waals surface area contributed by atoms with Crippen LogP contribution in [-0.4, -0.2) is 22.0 Å². The summed E-state index contributed by atoms with van der Waals surface area (Å²) in [6, 6.07) is 0.527. The molecule has 1 aliphatic carbocycles. The summed E-state index contributed by atoms with van der Waals surface area (Å²) in [4.78, 5) is 0. The second-order valence-corrected chi connectivity index (χ2v) is 4.79. The molecule has 0 aromatic carbocycles. The van der Waals surface area contributed by atoms with Gasteiger partial charge < -0.3 is 5.32 Å². The van der Waals surface area contributed by atoms with Gasteiger partial charge in [0.1, 0.15) is 0 Å². The largest absolute Gasteiger partial charge is 0.314 e. The Morgan fingerprint density at radius 3 is 2.81 bits per heavy atom. The van der Waals surface area contributed by atoms with Gasteiger partial charge in [-0.3, -0.25) is 0 Å². The standard InChI is InChI=1S/C12H22N4/c1-4-5-12-11(8-13-3)14-15-16(12)9(2)10-6-7-10/h9-10,13H,4-8H2,1-3H3. The van der Waals surface area contributed by atoms with E-state index in [1.807, 2.05) is 7.05 Å². The summed E-state index contributed by atoms with van der Waals surface area (Å²) < 4.78 is 2.16. The first-order chi connectivity index (χ1) is 7.77. The number of nitrogens with one attached hydrogen (secondary N) is 1. The Hall–Kier alpha value is -0.900. The van der Waals surface area contributed by atoms with Crippen molar-refractivity contribution in [3.05, 3.63) is 11.4 Å². The van der Waals surface area contributed by atoms with Gasteiger partial charge >= 0.3 is 0 Å². The summed E-state index contributed by atoms with van der Waals surface area (Å²) in [7, 11) is 1.96. The summed E-state index contributed by atoms with van der Waals surface area (Å²) >= 11 is 0. The van der Waals surface area contributed by atoms with Crippen LogP contribution < -0.4 is 5.32 Å². The van der Waals surface area contributed by atoms with E-state index in [9.17, 15) is 0 Å². The van der Waals surface area contributed by atoms with Crippen molar-refractivity contribution in [1.82, 2.24) is 20.3 Å². The number of hydrogen-bond acceptors (Lipinski definition) is 3. The van der Waals surface area contributed by atoms with Crippen molar-refractivity contribution < 1.29 is 0 Å². The van der Waals surface area contributed by atoms with Crippen molar-refractivity contribution in [2.45, 2.75) is 52.1 Å². The van der Waals surface area contributed by atoms with E-state index in [1.165, 1.54) is 18.5 Å². The molecule has 0 saturated heterocycles. The maximum Gasteiger partial charge on any atom is 0.0996 e. The highest BCUT2D eigenvalue weighted by molar-refractivity contribution is 5.11. The molecule has 1 aliphatic rings. The highest BCUT2D eigenvalue weighted by Crippen LogP contribution is 2.39. The van der Waals surface area contributed by atoms with Gasteiger partial charge in [0.25, 0.3) is 0 Å². The van der Waals surface area contributed by atoms with Gasteiger partial charge in [0.2, 0.25) is 0 Å². The summed E-state index contributed by atoms with van der Waals surface area (Å²) in [5.74, 6) is 0.833. The van der Waals surface area contributed by atoms with Crippen LogP contribution >= 0.6 is 0 Å². The molecule has 0 radical (unpaired) electrons. The van der Waals surface area contributed by atoms with Crippen molar-refractivity contribution in [3.8, 4) is 0 Å². The van der Waals surface area contributed by atoms with Crippen LogP contribution in [0.1, 0.15) is 50.5 Å². The third-order valence-corrected chi connectivity index (χ3v) is 3.39. The average molecular weight is 222 g/mol. The third kappa shape index (κ3) is 2.26. The fraction of sp³-hybridized carbons (Fsp3) is 0.833. The number of rotatable bonds is 6. The Morgan fingerprint density at radius 2 is 2.25 bits per heavy atom. The lowest BCUT2D eigenvalue weighted by Gasteiger charge is -2.14. The lowest BCUT2D eigenvalue weighted by molar-refractivity contribution is 0.414. The minimum absolute atomic E-state index is 0.527. The second-order valence-electron chi connectivity index (χ2n) is 4.79. The fourth-order valence-corrected chi connectivity index (χ4v) is 2.25. The number of hydrogen-bond donors (Lipinski definition) is 1. The van der Waals surface area contributed by atoms with E-state index in [1.54, 1.807) is 0 Å². The Bertz CT molecular complexity index is 341. The highest BCUT2D eigenvalue weighted by Gasteiger charge is 2.31. The maximum atomic E-state index is 4.34. The number of aromatic nitrogens is 3. The smallest absolute Gasteiger partial charge is 0.0996 e. The molecule has 1 aromatic rings. The van der Waals surface area contributed by atoms with Gasteiger partial charge in [0.15, 0.2) is 0 Å². The molecule has 1 saturated carbocycles. The van der Waals surface area contributed by atoms with Crippen LogP contribution in [-0.2, 0) is 13.0 Å². The van der Waals surface area contributed by atoms with Crippen LogP contribution in [0.2, 0.25) is 0 Å². The van der Waals surface area contributed by atoms with Gasteiger partial charge in [0.05, 0.1) is 17.4 Å². The van der Waals surface area contributed by atoms with Gasteiger partial charge in [-0.05, 0) is 39.2 Å². The molecule has 1 atom stereocenters. The first-order valence-electron chi connectivity index (χ1n) is 6.35. The predicted octanol–water partition coefficient (Wildman–Crippen LogP) is 1.92. The molecule has 16 heavy (non-hydrogen) atoms. The Morgan fingerprint density at radius 1 is 1.50 bits per heavy atom. The van der Waals surface area contributed by atoms with Gasteiger partial charge in [0, 0.05) is 6.54 Å². The van der Waals surface area contributed by atoms with Crippen LogP contribution in [0.4, 0.5) is 0 Å². The topological polar surface area (TPSA) is 42.7 Å². The van der Waals surface area contributed by atoms with Crippen LogP contribution in [0.15, 0.2) is 0 Å². The lowest BCUT2D eigenvalue weighted by atomic mass is 10.1. The van der Waals surface area contributed by atoms with E-state index >= 15 is 0 Å². The zero-order chi connectivity index (χ0) is 11.5. The molecule has 1 fully saturated rings. The Labute approximate surface area is 97.4 Å². The van der Waals surface area contributed by atoms with Gasteiger partial charge in [-0.1, -0.05) is 18.6 Å². The maximum absolute atomic E-state index is 4.34. The quantitative estimate of drug-likeness (QED) is 0.799. The SMILES string of the molecule is CCCc1c(CNC)nnn1C(C)C1CC1. The van der Waals surface area contributed by atoms with E-state index in [-0.39, 0.29) is 0 Å². The molecule has 1 heterocycles. The Kier molecular flexibility index (Phi) is 3.59. The van der Waals surface area contributed by atoms with Crippen molar-refractivity contribution in [2.75, 3.05) is 7.05 Å². The molecule has 1 unspecified atom stereocenters. The highest BCUT2D eigenvalue weighted by atomic mass is 15.4. The second kappa shape index (κ2) is 4.95. The van der Waals surface area contributed by atoms with Crippen molar-refractivity contribution in [1.29, 1.82) is 0 Å². The fourth-order valence-electron chi connectivity index (χ4n) is 2.25. The van der Waals surface area contributed by atoms with Crippen LogP contribution in [0.3, 0.4) is 0 Å². The van der Waals surface area contributed by atoms with Crippen molar-refractivity contribution in [2.24, 2.45) is 5.92 Å². The molecule has 4 nitrogen and oxygen atoms in total. The minimum atomic E-state index is 0.527. The van der Waals surface area contributed by atoms with E-state index in [0.29, 0.717) is 6.04 Å². The summed E-state index contributed by atoms with van der Waals surface area (Å²) in [6.07, 6.45) is 4.95. The first kappa shape index (κ1) is 11.6. The zero-order valence-electron chi connectivity index (χ0n) is 10.5. The molecule has 1 aromatic heterocycles. The normalized spacial score (nSPS) is 17.7. The summed E-state index contributed by atoms with van der Waals surface area (Å²) in [5, 5.41) is 11.8. The molecule has 0 amide bonds. The van der Waals surface area contributed by atoms with E-state index in [0.717, 1.165) is 31.0 Å². The van der Waals surface area contributed by atoms with Gasteiger partial charge in [-0.15, -0.1) is 5.10 Å². The van der Waals surface area contributed by atoms with Gasteiger partial charge in [-0.2, -0.15) is 0 Å². The molecule has 0 bridgehead atoms. The summed E-state index contributed by atoms with van der Waals surface area (Å²) in [5.41, 5.74) is 2.45. The van der Waals surface area contributed by atoms with Crippen LogP contribution in [0.5, 0.6) is 0 Å². The molecule has 1 N–H and O–H groups in total. The lowest BCUT2D eigenvalue weighted by Crippen LogP contribution is -2.14. The predicted molar refractivity (Wildman–Crippen MR) is 64.2 cm³/mol. The van der Waals surface area contributed by atoms with Gasteiger partial charge in [-0.25, -0.2) is 4.68 Å². The zero-order valence-corrected chi connectivity index (χ0v) is 10.5. The Balaban J connectivity index is 2.21. The third-order valence-electron chi connectivity index (χ3n) is 3.39. The van der Waals surface area contributed by atoms with E-state index < -0.39 is 0 Å². The summed E-state index contributed by atoms with van der Waals surface area (Å²) in [6.45, 7) is 5.31. The van der Waals surface area contributed by atoms with E-state index in [4.69, 9.17) is 0 Å². The van der Waals surface area contributed by atoms with Crippen molar-refractivity contribution in [3.63, 3.8) is 0 Å². The molecule has 2 rings (SSSR count).